The van der Waals surface area contributed by atoms with Gasteiger partial charge in [-0.1, -0.05) is 41.9 Å². The molecule has 0 radical (unpaired) electrons. The van der Waals surface area contributed by atoms with Crippen molar-refractivity contribution in [1.29, 1.82) is 0 Å². The Kier molecular flexibility index (Phi) is 6.33. The maximum Gasteiger partial charge on any atom is 0.262 e. The smallest absolute Gasteiger partial charge is 0.262 e. The summed E-state index contributed by atoms with van der Waals surface area (Å²) in [5.41, 5.74) is 3.11. The van der Waals surface area contributed by atoms with Crippen LogP contribution in [0.5, 0.6) is 0 Å². The normalized spacial score (nSPS) is 12.6. The van der Waals surface area contributed by atoms with Crippen LogP contribution in [0.3, 0.4) is 0 Å². The van der Waals surface area contributed by atoms with Crippen LogP contribution in [-0.2, 0) is 22.8 Å². The van der Waals surface area contributed by atoms with E-state index in [2.05, 4.69) is 20.9 Å². The fraction of sp³-hybridized carbons (Fsp3) is 0.333. The fourth-order valence-corrected chi connectivity index (χ4v) is 4.68. The molecule has 0 unspecified atom stereocenters. The van der Waals surface area contributed by atoms with Gasteiger partial charge in [0.2, 0.25) is 5.91 Å². The number of benzene rings is 1. The predicted molar refractivity (Wildman–Crippen MR) is 120 cm³/mol. The van der Waals surface area contributed by atoms with E-state index in [0.717, 1.165) is 29.2 Å². The Bertz CT molecular complexity index is 1140. The minimum absolute atomic E-state index is 0.0350. The van der Waals surface area contributed by atoms with Gasteiger partial charge in [-0.05, 0) is 19.4 Å². The van der Waals surface area contributed by atoms with Crippen molar-refractivity contribution in [3.8, 4) is 11.3 Å². The summed E-state index contributed by atoms with van der Waals surface area (Å²) in [7, 11) is 0. The van der Waals surface area contributed by atoms with Gasteiger partial charge in [-0.25, -0.2) is 4.68 Å². The number of nitrogens with zero attached hydrogens (tertiary/aromatic N) is 3. The molecule has 0 fully saturated rings. The van der Waals surface area contributed by atoms with Gasteiger partial charge < -0.3 is 15.2 Å². The first kappa shape index (κ1) is 21.5. The molecule has 0 atom stereocenters. The van der Waals surface area contributed by atoms with Crippen molar-refractivity contribution in [2.45, 2.75) is 38.3 Å². The first-order chi connectivity index (χ1) is 15.0. The molecule has 2 N–H and O–H groups in total. The maximum atomic E-state index is 13.3. The lowest BCUT2D eigenvalue weighted by Gasteiger charge is -2.11. The van der Waals surface area contributed by atoms with Crippen LogP contribution in [0, 0.1) is 6.92 Å². The van der Waals surface area contributed by atoms with E-state index in [0.29, 0.717) is 40.0 Å². The van der Waals surface area contributed by atoms with Crippen molar-refractivity contribution in [2.75, 3.05) is 11.9 Å². The molecule has 0 saturated carbocycles. The summed E-state index contributed by atoms with van der Waals surface area (Å²) in [4.78, 5) is 25.6. The quantitative estimate of drug-likeness (QED) is 0.553. The van der Waals surface area contributed by atoms with Gasteiger partial charge in [0.15, 0.2) is 0 Å². The average molecular weight is 460 g/mol. The number of carbonyl (C=O) groups is 2. The van der Waals surface area contributed by atoms with Crippen molar-refractivity contribution in [2.24, 2.45) is 0 Å². The molecule has 10 heteroatoms. The van der Waals surface area contributed by atoms with E-state index in [-0.39, 0.29) is 18.4 Å². The number of nitrogens with one attached hydrogen (secondary N) is 2. The zero-order valence-electron chi connectivity index (χ0n) is 17.2. The molecule has 2 aromatic heterocycles. The predicted octanol–water partition coefficient (Wildman–Crippen LogP) is 4.03. The van der Waals surface area contributed by atoms with Crippen molar-refractivity contribution >= 4 is 41.0 Å². The molecule has 3 aromatic rings. The molecule has 31 heavy (non-hydrogen) atoms. The van der Waals surface area contributed by atoms with Crippen molar-refractivity contribution in [1.82, 2.24) is 20.3 Å². The molecule has 162 valence electrons. The summed E-state index contributed by atoms with van der Waals surface area (Å²) in [6, 6.07) is 7.15. The highest BCUT2D eigenvalue weighted by molar-refractivity contribution is 7.98. The van der Waals surface area contributed by atoms with Crippen LogP contribution in [0.1, 0.15) is 40.7 Å². The topological polar surface area (TPSA) is 102 Å². The minimum atomic E-state index is -0.386. The summed E-state index contributed by atoms with van der Waals surface area (Å²) < 4.78 is 6.88. The van der Waals surface area contributed by atoms with Crippen LogP contribution in [0.15, 0.2) is 28.8 Å². The number of halogens is 1. The number of carbonyl (C=O) groups excluding carboxylic acids is 2. The van der Waals surface area contributed by atoms with Crippen LogP contribution >= 0.6 is 23.4 Å². The summed E-state index contributed by atoms with van der Waals surface area (Å²) >= 11 is 8.03. The molecule has 0 saturated heterocycles. The second kappa shape index (κ2) is 9.15. The molecule has 1 aliphatic rings. The highest BCUT2D eigenvalue weighted by Crippen LogP contribution is 2.36. The van der Waals surface area contributed by atoms with E-state index in [9.17, 15) is 9.59 Å². The van der Waals surface area contributed by atoms with Crippen LogP contribution in [-0.4, -0.2) is 33.3 Å². The van der Waals surface area contributed by atoms with Gasteiger partial charge in [0.25, 0.3) is 5.91 Å². The Labute approximate surface area is 188 Å². The Morgan fingerprint density at radius 1 is 1.29 bits per heavy atom. The number of hydrogen-bond acceptors (Lipinski definition) is 6. The van der Waals surface area contributed by atoms with Crippen molar-refractivity contribution < 1.29 is 14.1 Å². The highest BCUT2D eigenvalue weighted by Gasteiger charge is 2.28. The third-order valence-electron chi connectivity index (χ3n) is 4.94. The van der Waals surface area contributed by atoms with Gasteiger partial charge in [-0.15, -0.1) is 0 Å². The summed E-state index contributed by atoms with van der Waals surface area (Å²) in [5, 5.41) is 14.9. The molecule has 0 bridgehead atoms. The lowest BCUT2D eigenvalue weighted by molar-refractivity contribution is -0.121. The molecule has 2 amide bonds. The third-order valence-corrected chi connectivity index (χ3v) is 6.24. The number of aromatic nitrogens is 3. The number of amides is 2. The number of anilines is 1. The van der Waals surface area contributed by atoms with Crippen LogP contribution < -0.4 is 10.6 Å². The van der Waals surface area contributed by atoms with Gasteiger partial charge >= 0.3 is 0 Å². The standard InChI is InChI=1S/C21H22ClN5O3S/c1-3-8-23-17(28)9-27-20(14-10-31-11-16(14)25-27)24-21(29)18-12(2)30-26-19(18)13-6-4-5-7-15(13)22/h4-7H,3,8-11H2,1-2H3,(H,23,28)(H,24,29). The van der Waals surface area contributed by atoms with Gasteiger partial charge in [-0.3, -0.25) is 9.59 Å². The minimum Gasteiger partial charge on any atom is -0.360 e. The lowest BCUT2D eigenvalue weighted by atomic mass is 10.1. The Morgan fingerprint density at radius 3 is 2.87 bits per heavy atom. The van der Waals surface area contributed by atoms with E-state index in [1.54, 1.807) is 35.5 Å². The van der Waals surface area contributed by atoms with E-state index in [1.165, 1.54) is 0 Å². The number of aryl methyl sites for hydroxylation is 1. The molecule has 3 heterocycles. The molecule has 0 spiro atoms. The number of rotatable bonds is 7. The number of hydrogen-bond donors (Lipinski definition) is 2. The van der Waals surface area contributed by atoms with Gasteiger partial charge in [0, 0.05) is 29.2 Å². The zero-order valence-corrected chi connectivity index (χ0v) is 18.8. The zero-order chi connectivity index (χ0) is 22.0. The Morgan fingerprint density at radius 2 is 2.10 bits per heavy atom. The number of fused-ring (bicyclic) bond motifs is 1. The van der Waals surface area contributed by atoms with Crippen LogP contribution in [0.4, 0.5) is 5.82 Å². The summed E-state index contributed by atoms with van der Waals surface area (Å²) in [6.45, 7) is 4.30. The van der Waals surface area contributed by atoms with E-state index >= 15 is 0 Å². The molecule has 4 rings (SSSR count). The third kappa shape index (κ3) is 4.33. The van der Waals surface area contributed by atoms with E-state index < -0.39 is 0 Å². The first-order valence-electron chi connectivity index (χ1n) is 9.95. The largest absolute Gasteiger partial charge is 0.360 e. The van der Waals surface area contributed by atoms with Crippen LogP contribution in [0.2, 0.25) is 5.02 Å². The second-order valence-electron chi connectivity index (χ2n) is 7.17. The molecule has 8 nitrogen and oxygen atoms in total. The first-order valence-corrected chi connectivity index (χ1v) is 11.5. The average Bonchev–Trinajstić information content (AvgIpc) is 3.43. The van der Waals surface area contributed by atoms with Gasteiger partial charge in [-0.2, -0.15) is 16.9 Å². The second-order valence-corrected chi connectivity index (χ2v) is 8.56. The summed E-state index contributed by atoms with van der Waals surface area (Å²) in [6.07, 6.45) is 0.846. The maximum absolute atomic E-state index is 13.3. The monoisotopic (exact) mass is 459 g/mol. The number of thioether (sulfide) groups is 1. The highest BCUT2D eigenvalue weighted by atomic mass is 35.5. The van der Waals surface area contributed by atoms with Crippen molar-refractivity contribution in [3.63, 3.8) is 0 Å². The van der Waals surface area contributed by atoms with E-state index in [1.807, 2.05) is 19.1 Å². The van der Waals surface area contributed by atoms with E-state index in [4.69, 9.17) is 16.1 Å². The molecular formula is C21H22ClN5O3S. The van der Waals surface area contributed by atoms with Crippen molar-refractivity contribution in [3.05, 3.63) is 51.9 Å². The SMILES string of the molecule is CCCNC(=O)Cn1nc2c(c1NC(=O)c1c(-c3ccccc3Cl)noc1C)CSC2. The van der Waals surface area contributed by atoms with Gasteiger partial charge in [0.1, 0.15) is 29.4 Å². The molecular weight excluding hydrogens is 438 g/mol. The molecule has 0 aliphatic carbocycles. The van der Waals surface area contributed by atoms with Crippen LogP contribution in [0.25, 0.3) is 11.3 Å². The summed E-state index contributed by atoms with van der Waals surface area (Å²) in [5.74, 6) is 1.85. The Hall–Kier alpha value is -2.78. The molecule has 1 aliphatic heterocycles. The Balaban J connectivity index is 1.65. The molecule has 1 aromatic carbocycles. The fourth-order valence-electron chi connectivity index (χ4n) is 3.42. The lowest BCUT2D eigenvalue weighted by Crippen LogP contribution is -2.29. The van der Waals surface area contributed by atoms with Gasteiger partial charge in [0.05, 0.1) is 10.7 Å².